The Labute approximate surface area is 271 Å². The zero-order chi connectivity index (χ0) is 32.3. The second kappa shape index (κ2) is 20.2. The third-order valence-corrected chi connectivity index (χ3v) is 8.62. The molecule has 0 spiro atoms. The largest absolute Gasteiger partial charge is 0.508 e. The van der Waals surface area contributed by atoms with Crippen molar-refractivity contribution >= 4 is 0 Å². The summed E-state index contributed by atoms with van der Waals surface area (Å²) in [6.07, 6.45) is 16.3. The van der Waals surface area contributed by atoms with Crippen LogP contribution >= 0.6 is 0 Å². The molecule has 0 amide bonds. The Hall–Kier alpha value is -3.92. The van der Waals surface area contributed by atoms with E-state index in [-0.39, 0.29) is 0 Å². The molecular formula is C41H54O4. The Kier molecular flexibility index (Phi) is 15.9. The van der Waals surface area contributed by atoms with Gasteiger partial charge >= 0.3 is 0 Å². The Bertz CT molecular complexity index is 1220. The lowest BCUT2D eigenvalue weighted by Crippen LogP contribution is -2.01. The fourth-order valence-corrected chi connectivity index (χ4v) is 5.96. The maximum Gasteiger partial charge on any atom is 0.115 e. The zero-order valence-corrected chi connectivity index (χ0v) is 27.4. The van der Waals surface area contributed by atoms with Crippen LogP contribution in [0.25, 0.3) is 0 Å². The summed E-state index contributed by atoms with van der Waals surface area (Å²) in [6.45, 7) is 4.47. The summed E-state index contributed by atoms with van der Waals surface area (Å²) in [5, 5.41) is 38.0. The monoisotopic (exact) mass is 610 g/mol. The van der Waals surface area contributed by atoms with Gasteiger partial charge in [-0.3, -0.25) is 0 Å². The van der Waals surface area contributed by atoms with E-state index in [2.05, 4.69) is 13.8 Å². The van der Waals surface area contributed by atoms with E-state index in [1.54, 1.807) is 48.5 Å². The normalized spacial score (nSPS) is 11.0. The quantitative estimate of drug-likeness (QED) is 0.0897. The lowest BCUT2D eigenvalue weighted by Gasteiger charge is -2.18. The molecule has 4 aromatic carbocycles. The average molecular weight is 611 g/mol. The minimum absolute atomic E-state index is 0.302. The van der Waals surface area contributed by atoms with Crippen molar-refractivity contribution in [3.63, 3.8) is 0 Å². The molecule has 0 atom stereocenters. The summed E-state index contributed by atoms with van der Waals surface area (Å²) in [5.41, 5.74) is 4.89. The number of hydrogen-bond acceptors (Lipinski definition) is 4. The predicted molar refractivity (Wildman–Crippen MR) is 187 cm³/mol. The molecule has 0 fully saturated rings. The third kappa shape index (κ3) is 12.9. The molecule has 45 heavy (non-hydrogen) atoms. The van der Waals surface area contributed by atoms with Gasteiger partial charge < -0.3 is 20.4 Å². The van der Waals surface area contributed by atoms with Gasteiger partial charge in [0.05, 0.1) is 0 Å². The number of hydrogen-bond donors (Lipinski definition) is 4. The van der Waals surface area contributed by atoms with E-state index in [1.165, 1.54) is 92.9 Å². The smallest absolute Gasteiger partial charge is 0.115 e. The molecule has 0 heterocycles. The van der Waals surface area contributed by atoms with Gasteiger partial charge in [0.25, 0.3) is 0 Å². The molecule has 4 heteroatoms. The van der Waals surface area contributed by atoms with E-state index in [1.807, 2.05) is 48.5 Å². The second-order valence-electron chi connectivity index (χ2n) is 12.2. The van der Waals surface area contributed by atoms with Gasteiger partial charge in [0.1, 0.15) is 23.0 Å². The van der Waals surface area contributed by atoms with Crippen molar-refractivity contribution in [2.24, 2.45) is 0 Å². The first-order valence-electron chi connectivity index (χ1n) is 17.1. The number of benzene rings is 4. The van der Waals surface area contributed by atoms with Crippen LogP contribution in [-0.4, -0.2) is 20.4 Å². The Morgan fingerprint density at radius 1 is 0.333 bits per heavy atom. The number of aromatic hydroxyl groups is 4. The van der Waals surface area contributed by atoms with E-state index in [0.717, 1.165) is 12.8 Å². The molecule has 0 bridgehead atoms. The summed E-state index contributed by atoms with van der Waals surface area (Å²) in [4.78, 5) is 0. The van der Waals surface area contributed by atoms with Crippen LogP contribution in [-0.2, 0) is 0 Å². The van der Waals surface area contributed by atoms with Gasteiger partial charge in [-0.25, -0.2) is 0 Å². The maximum absolute atomic E-state index is 9.51. The lowest BCUT2D eigenvalue weighted by molar-refractivity contribution is 0.473. The molecule has 0 aromatic heterocycles. The molecule has 4 rings (SSSR count). The van der Waals surface area contributed by atoms with Gasteiger partial charge in [-0.1, -0.05) is 133 Å². The van der Waals surface area contributed by atoms with Gasteiger partial charge in [0.2, 0.25) is 0 Å². The Morgan fingerprint density at radius 3 is 0.800 bits per heavy atom. The van der Waals surface area contributed by atoms with E-state index >= 15 is 0 Å². The molecule has 0 saturated carbocycles. The van der Waals surface area contributed by atoms with E-state index in [4.69, 9.17) is 0 Å². The highest BCUT2D eigenvalue weighted by Crippen LogP contribution is 2.33. The van der Waals surface area contributed by atoms with Gasteiger partial charge in [0.15, 0.2) is 0 Å². The topological polar surface area (TPSA) is 80.9 Å². The fourth-order valence-electron chi connectivity index (χ4n) is 5.96. The molecule has 4 nitrogen and oxygen atoms in total. The van der Waals surface area contributed by atoms with Gasteiger partial charge in [-0.15, -0.1) is 0 Å². The van der Waals surface area contributed by atoms with Crippen molar-refractivity contribution in [3.05, 3.63) is 119 Å². The predicted octanol–water partition coefficient (Wildman–Crippen LogP) is 11.6. The summed E-state index contributed by atoms with van der Waals surface area (Å²) >= 11 is 0. The molecular weight excluding hydrogens is 556 g/mol. The van der Waals surface area contributed by atoms with Crippen LogP contribution in [0.4, 0.5) is 0 Å². The molecule has 0 aliphatic carbocycles. The maximum atomic E-state index is 9.51. The minimum atomic E-state index is 0.302. The molecule has 0 aliphatic rings. The van der Waals surface area contributed by atoms with Gasteiger partial charge in [-0.2, -0.15) is 0 Å². The van der Waals surface area contributed by atoms with Crippen LogP contribution in [0, 0.1) is 0 Å². The second-order valence-corrected chi connectivity index (χ2v) is 12.2. The third-order valence-electron chi connectivity index (χ3n) is 8.62. The first-order valence-corrected chi connectivity index (χ1v) is 17.1. The van der Waals surface area contributed by atoms with E-state index in [9.17, 15) is 20.4 Å². The highest BCUT2D eigenvalue weighted by Gasteiger charge is 2.15. The molecule has 0 unspecified atom stereocenters. The summed E-state index contributed by atoms with van der Waals surface area (Å²) < 4.78 is 0. The van der Waals surface area contributed by atoms with Crippen LogP contribution in [0.3, 0.4) is 0 Å². The van der Waals surface area contributed by atoms with Crippen LogP contribution in [0.15, 0.2) is 97.1 Å². The first kappa shape index (κ1) is 35.6. The Morgan fingerprint density at radius 2 is 0.556 bits per heavy atom. The van der Waals surface area contributed by atoms with Gasteiger partial charge in [0, 0.05) is 11.8 Å². The van der Waals surface area contributed by atoms with Crippen molar-refractivity contribution in [2.75, 3.05) is 0 Å². The van der Waals surface area contributed by atoms with Gasteiger partial charge in [-0.05, 0) is 83.6 Å². The molecule has 0 radical (unpaired) electrons. The minimum Gasteiger partial charge on any atom is -0.508 e. The van der Waals surface area contributed by atoms with Crippen LogP contribution in [0.2, 0.25) is 0 Å². The lowest BCUT2D eigenvalue weighted by atomic mass is 9.86. The van der Waals surface area contributed by atoms with Crippen LogP contribution < -0.4 is 0 Å². The van der Waals surface area contributed by atoms with E-state index in [0.29, 0.717) is 34.8 Å². The first-order chi connectivity index (χ1) is 21.9. The molecule has 0 saturated heterocycles. The number of phenols is 4. The summed E-state index contributed by atoms with van der Waals surface area (Å²) in [6, 6.07) is 30.0. The number of rotatable bonds is 17. The Balaban J connectivity index is 0.000000246. The zero-order valence-electron chi connectivity index (χ0n) is 27.4. The SMILES string of the molecule is CCCCCCCC(c1ccc(O)cc1)c1ccc(O)cc1.CCCCCCCCC(c1ccc(O)cc1)c1ccc(O)cc1. The van der Waals surface area contributed by atoms with E-state index < -0.39 is 0 Å². The van der Waals surface area contributed by atoms with Crippen molar-refractivity contribution in [2.45, 2.75) is 109 Å². The molecule has 0 aliphatic heterocycles. The highest BCUT2D eigenvalue weighted by molar-refractivity contribution is 5.39. The van der Waals surface area contributed by atoms with Crippen LogP contribution in [0.1, 0.15) is 131 Å². The molecule has 4 N–H and O–H groups in total. The number of phenolic OH excluding ortho intramolecular Hbond substituents is 4. The van der Waals surface area contributed by atoms with Crippen molar-refractivity contribution in [1.82, 2.24) is 0 Å². The highest BCUT2D eigenvalue weighted by atomic mass is 16.3. The molecule has 242 valence electrons. The standard InChI is InChI=1S/C21H28O2.C20H26O2/c1-2-3-4-5-6-7-8-21(17-9-13-19(22)14-10-17)18-11-15-20(23)16-12-18;1-2-3-4-5-6-7-20(16-8-12-18(21)13-9-16)17-10-14-19(22)15-11-17/h9-16,21-23H,2-8H2,1H3;8-15,20-22H,2-7H2,1H3. The van der Waals surface area contributed by atoms with Crippen molar-refractivity contribution < 1.29 is 20.4 Å². The number of unbranched alkanes of at least 4 members (excludes halogenated alkanes) is 9. The molecule has 4 aromatic rings. The summed E-state index contributed by atoms with van der Waals surface area (Å²) in [5.74, 6) is 1.85. The fraction of sp³-hybridized carbons (Fsp3) is 0.415. The van der Waals surface area contributed by atoms with Crippen molar-refractivity contribution in [1.29, 1.82) is 0 Å². The van der Waals surface area contributed by atoms with Crippen molar-refractivity contribution in [3.8, 4) is 23.0 Å². The summed E-state index contributed by atoms with van der Waals surface area (Å²) in [7, 11) is 0. The average Bonchev–Trinajstić information content (AvgIpc) is 3.05. The van der Waals surface area contributed by atoms with Crippen LogP contribution in [0.5, 0.6) is 23.0 Å².